The van der Waals surface area contributed by atoms with Crippen molar-refractivity contribution in [2.24, 2.45) is 5.92 Å². The normalized spacial score (nSPS) is 13.7. The van der Waals surface area contributed by atoms with Crippen molar-refractivity contribution in [2.45, 2.75) is 24.8 Å². The molecule has 5 nitrogen and oxygen atoms in total. The summed E-state index contributed by atoms with van der Waals surface area (Å²) in [6.07, 6.45) is 3.68. The van der Waals surface area contributed by atoms with Crippen LogP contribution in [-0.2, 0) is 15.7 Å². The number of aromatic nitrogens is 2. The number of hydrogen-bond acceptors (Lipinski definition) is 4. The molecule has 0 bridgehead atoms. The molecule has 0 fully saturated rings. The summed E-state index contributed by atoms with van der Waals surface area (Å²) in [4.78, 5) is 16.5. The number of carbonyl (C=O) groups is 1. The van der Waals surface area contributed by atoms with Crippen LogP contribution in [0.15, 0.2) is 42.9 Å². The van der Waals surface area contributed by atoms with E-state index < -0.39 is 5.60 Å². The fraction of sp³-hybridized carbons (Fsp3) is 0.300. The molecule has 1 unspecified atom stereocenters. The van der Waals surface area contributed by atoms with E-state index in [-0.39, 0.29) is 11.9 Å². The second-order valence-corrected chi connectivity index (χ2v) is 9.66. The summed E-state index contributed by atoms with van der Waals surface area (Å²) < 4.78 is 6.89. The van der Waals surface area contributed by atoms with Crippen molar-refractivity contribution in [3.8, 4) is 0 Å². The van der Waals surface area contributed by atoms with Gasteiger partial charge in [-0.3, -0.25) is 0 Å². The Kier molecular flexibility index (Phi) is 6.07. The van der Waals surface area contributed by atoms with Gasteiger partial charge in [0.1, 0.15) is 0 Å². The minimum atomic E-state index is -1.18. The van der Waals surface area contributed by atoms with E-state index in [0.717, 1.165) is 21.9 Å². The average Bonchev–Trinajstić information content (AvgIpc) is 3.11. The molecule has 0 amide bonds. The Hall–Kier alpha value is -1.26. The first-order valence-electron chi connectivity index (χ1n) is 8.55. The summed E-state index contributed by atoms with van der Waals surface area (Å²) >= 11 is 4.08. The average molecular weight is 621 g/mol. The number of methoxy groups -OCH3 is 1. The van der Waals surface area contributed by atoms with Gasteiger partial charge in [0.15, 0.2) is 0 Å². The van der Waals surface area contributed by atoms with Crippen LogP contribution in [0.2, 0.25) is 0 Å². The van der Waals surface area contributed by atoms with Crippen LogP contribution in [0.5, 0.6) is 0 Å². The number of imidazole rings is 1. The molecule has 0 aliphatic carbocycles. The predicted molar refractivity (Wildman–Crippen MR) is 109 cm³/mol. The summed E-state index contributed by atoms with van der Waals surface area (Å²) in [5.41, 5.74) is 1.70. The van der Waals surface area contributed by atoms with Crippen molar-refractivity contribution in [1.29, 1.82) is 0 Å². The summed E-state index contributed by atoms with van der Waals surface area (Å²) in [6, 6.07) is 9.53. The minimum absolute atomic E-state index is 0.0557. The number of hydrogen-bond donors (Lipinski definition) is 1. The number of alkyl halides is 1. The van der Waals surface area contributed by atoms with E-state index in [1.54, 1.807) is 12.4 Å². The quantitative estimate of drug-likeness (QED) is 0.270. The second-order valence-electron chi connectivity index (χ2n) is 6.78. The van der Waals surface area contributed by atoms with Crippen LogP contribution in [0.3, 0.4) is 0 Å². The van der Waals surface area contributed by atoms with Crippen molar-refractivity contribution in [1.82, 2.24) is 7.36 Å². The molecule has 0 spiro atoms. The molecule has 1 atom stereocenters. The van der Waals surface area contributed by atoms with Crippen LogP contribution in [0.25, 0.3) is 10.8 Å². The van der Waals surface area contributed by atoms with Crippen LogP contribution < -0.4 is 0 Å². The van der Waals surface area contributed by atoms with E-state index in [9.17, 15) is 9.90 Å². The van der Waals surface area contributed by atoms with Gasteiger partial charge in [-0.2, -0.15) is 0 Å². The van der Waals surface area contributed by atoms with Crippen molar-refractivity contribution in [2.75, 3.05) is 7.11 Å². The Morgan fingerprint density at radius 3 is 2.67 bits per heavy atom. The van der Waals surface area contributed by atoms with Crippen molar-refractivity contribution < 1.29 is 14.6 Å². The Labute approximate surface area is 183 Å². The molecular formula is C20H20BrN2O3Tl. The molecule has 3 rings (SSSR count). The van der Waals surface area contributed by atoms with Gasteiger partial charge in [-0.05, 0) is 0 Å². The number of rotatable bonds is 5. The van der Waals surface area contributed by atoms with Gasteiger partial charge in [0, 0.05) is 0 Å². The van der Waals surface area contributed by atoms with Gasteiger partial charge >= 0.3 is 177 Å². The third-order valence-corrected chi connectivity index (χ3v) is 6.60. The number of nitrogens with zero attached hydrogens (tertiary/aromatic N) is 2. The Balaban J connectivity index is 2.20. The number of aliphatic hydroxyl groups is 1. The number of carbonyl (C=O) groups excluding carboxylic acids is 1. The molecule has 0 saturated heterocycles. The number of halogens is 1. The van der Waals surface area contributed by atoms with Gasteiger partial charge in [0.2, 0.25) is 0 Å². The molecule has 7 heteroatoms. The van der Waals surface area contributed by atoms with Gasteiger partial charge in [-0.25, -0.2) is 0 Å². The maximum absolute atomic E-state index is 12.0. The predicted octanol–water partition coefficient (Wildman–Crippen LogP) is 3.54. The van der Waals surface area contributed by atoms with E-state index in [1.807, 2.05) is 46.7 Å². The summed E-state index contributed by atoms with van der Waals surface area (Å²) in [5, 5.41) is 14.0. The van der Waals surface area contributed by atoms with Crippen LogP contribution >= 0.6 is 15.9 Å². The first-order chi connectivity index (χ1) is 12.8. The molecule has 2 aromatic carbocycles. The van der Waals surface area contributed by atoms with Crippen LogP contribution in [0.1, 0.15) is 41.0 Å². The third-order valence-electron chi connectivity index (χ3n) is 4.94. The first kappa shape index (κ1) is 20.5. The zero-order valence-corrected chi connectivity index (χ0v) is 21.5. The summed E-state index contributed by atoms with van der Waals surface area (Å²) in [7, 11) is 1.38. The Morgan fingerprint density at radius 1 is 1.37 bits per heavy atom. The van der Waals surface area contributed by atoms with E-state index in [2.05, 4.69) is 20.9 Å². The summed E-state index contributed by atoms with van der Waals surface area (Å²) in [6.45, 7) is 3.98. The fourth-order valence-corrected chi connectivity index (χ4v) is 4.80. The molecule has 27 heavy (non-hydrogen) atoms. The monoisotopic (exact) mass is 620 g/mol. The van der Waals surface area contributed by atoms with Crippen molar-refractivity contribution >= 4 is 58.7 Å². The molecule has 3 aromatic rings. The molecule has 1 N–H and O–H groups in total. The van der Waals surface area contributed by atoms with E-state index in [1.165, 1.54) is 7.11 Å². The number of esters is 1. The number of fused-ring (bicyclic) bond motifs is 1. The maximum atomic E-state index is 12.0. The molecule has 0 radical (unpaired) electrons. The number of ether oxygens (including phenoxy) is 1. The molecule has 0 aliphatic rings. The standard InChI is InChI=1S/C20H20BrN2O3.Tl/c1-12(2)20(25,18-10-22-11-23-18)14-5-7-15-13(8-14)4-6-16(17(15)9-21)19(24)26-3;/h4-8,10-12,25H,9H2,1-3H3;/q-1;+1. The van der Waals surface area contributed by atoms with Crippen LogP contribution in [-0.4, -0.2) is 51.6 Å². The molecule has 138 valence electrons. The van der Waals surface area contributed by atoms with E-state index in [4.69, 9.17) is 4.74 Å². The van der Waals surface area contributed by atoms with Gasteiger partial charge in [0.25, 0.3) is 0 Å². The molecule has 0 aliphatic heterocycles. The molecule has 1 heterocycles. The number of benzene rings is 2. The Morgan fingerprint density at radius 2 is 2.11 bits per heavy atom. The molecular weight excluding hydrogens is 601 g/mol. The van der Waals surface area contributed by atoms with E-state index in [0.29, 0.717) is 42.7 Å². The second kappa shape index (κ2) is 8.00. The molecule has 0 saturated carbocycles. The van der Waals surface area contributed by atoms with Crippen molar-refractivity contribution in [3.63, 3.8) is 0 Å². The SMILES string of the molecule is COC(=O)c1ccc2cc(C(O)(c3c[n]([Tl])cn3)C(C)C)ccc2c1CBr. The zero-order valence-electron chi connectivity index (χ0n) is 15.4. The zero-order chi connectivity index (χ0) is 19.8. The van der Waals surface area contributed by atoms with E-state index >= 15 is 0 Å². The third kappa shape index (κ3) is 3.59. The summed E-state index contributed by atoms with van der Waals surface area (Å²) in [5.74, 6) is -0.410. The Bertz CT molecular complexity index is 1000. The van der Waals surface area contributed by atoms with Gasteiger partial charge in [-0.15, -0.1) is 0 Å². The van der Waals surface area contributed by atoms with Gasteiger partial charge < -0.3 is 0 Å². The fourth-order valence-electron chi connectivity index (χ4n) is 3.39. The topological polar surface area (TPSA) is 64.3 Å². The van der Waals surface area contributed by atoms with Crippen LogP contribution in [0, 0.1) is 5.92 Å². The van der Waals surface area contributed by atoms with Crippen molar-refractivity contribution in [3.05, 3.63) is 65.2 Å². The first-order valence-corrected chi connectivity index (χ1v) is 11.7. The van der Waals surface area contributed by atoms with Gasteiger partial charge in [0.05, 0.1) is 7.11 Å². The molecule has 1 aromatic heterocycles. The van der Waals surface area contributed by atoms with Crippen LogP contribution in [0.4, 0.5) is 0 Å². The van der Waals surface area contributed by atoms with Gasteiger partial charge in [-0.1, -0.05) is 0 Å².